The van der Waals surface area contributed by atoms with E-state index in [1.54, 1.807) is 47.9 Å². The predicted molar refractivity (Wildman–Crippen MR) is 152 cm³/mol. The van der Waals surface area contributed by atoms with Gasteiger partial charge < -0.3 is 5.73 Å². The molecule has 0 aliphatic rings. The van der Waals surface area contributed by atoms with Crippen LogP contribution in [0.5, 0.6) is 0 Å². The molecule has 0 aliphatic carbocycles. The third-order valence-corrected chi connectivity index (χ3v) is 8.12. The van der Waals surface area contributed by atoms with Gasteiger partial charge in [-0.1, -0.05) is 60.7 Å². The number of anilines is 1. The van der Waals surface area contributed by atoms with Crippen LogP contribution in [-0.2, 0) is 10.1 Å². The third-order valence-electron chi connectivity index (χ3n) is 6.01. The van der Waals surface area contributed by atoms with Gasteiger partial charge in [0.05, 0.1) is 17.6 Å². The van der Waals surface area contributed by atoms with Crippen LogP contribution in [-0.4, -0.2) is 47.5 Å². The molecule has 7 nitrogen and oxygen atoms in total. The van der Waals surface area contributed by atoms with Gasteiger partial charge in [-0.2, -0.15) is 8.42 Å². The van der Waals surface area contributed by atoms with Gasteiger partial charge in [0.15, 0.2) is 0 Å². The van der Waals surface area contributed by atoms with Crippen LogP contribution < -0.4 is 5.73 Å². The topological polar surface area (TPSA) is 118 Å². The number of hydrogen-bond acceptors (Lipinski definition) is 7. The SMILES string of the molecule is Nc1c(N=Nc2ccc(-c3cccc4c3sc3ccccc34)nc2)cc(S(=O)(=O)O)c2ccccc12.[NaH]. The molecule has 37 heavy (non-hydrogen) atoms. The molecule has 0 radical (unpaired) electrons. The number of nitrogens with zero attached hydrogens (tertiary/aromatic N) is 3. The van der Waals surface area contributed by atoms with E-state index in [1.807, 2.05) is 30.3 Å². The number of pyridine rings is 1. The molecule has 0 fully saturated rings. The van der Waals surface area contributed by atoms with E-state index in [1.165, 1.54) is 26.2 Å². The van der Waals surface area contributed by atoms with Crippen molar-refractivity contribution in [3.63, 3.8) is 0 Å². The molecule has 0 saturated carbocycles. The van der Waals surface area contributed by atoms with E-state index in [2.05, 4.69) is 33.4 Å². The van der Waals surface area contributed by atoms with Crippen molar-refractivity contribution in [2.45, 2.75) is 4.90 Å². The van der Waals surface area contributed by atoms with Crippen LogP contribution in [0.1, 0.15) is 0 Å². The Hall–Kier alpha value is -3.18. The van der Waals surface area contributed by atoms with Gasteiger partial charge in [-0.25, -0.2) is 0 Å². The van der Waals surface area contributed by atoms with Crippen molar-refractivity contribution >= 4 is 99.0 Å². The van der Waals surface area contributed by atoms with E-state index in [4.69, 9.17) is 5.73 Å². The molecule has 4 aromatic carbocycles. The Morgan fingerprint density at radius 1 is 0.811 bits per heavy atom. The average molecular weight is 535 g/mol. The first-order valence-electron chi connectivity index (χ1n) is 11.0. The molecule has 178 valence electrons. The number of hydrogen-bond donors (Lipinski definition) is 2. The molecule has 0 aliphatic heterocycles. The summed E-state index contributed by atoms with van der Waals surface area (Å²) >= 11 is 1.74. The Bertz CT molecular complexity index is 1940. The van der Waals surface area contributed by atoms with Gasteiger partial charge >= 0.3 is 29.6 Å². The van der Waals surface area contributed by atoms with Crippen LogP contribution >= 0.6 is 11.3 Å². The second kappa shape index (κ2) is 9.94. The van der Waals surface area contributed by atoms with Crippen molar-refractivity contribution in [3.8, 4) is 11.3 Å². The summed E-state index contributed by atoms with van der Waals surface area (Å²) in [5.41, 5.74) is 8.96. The zero-order chi connectivity index (χ0) is 24.9. The van der Waals surface area contributed by atoms with Crippen LogP contribution in [0, 0.1) is 0 Å². The van der Waals surface area contributed by atoms with Crippen molar-refractivity contribution in [1.29, 1.82) is 0 Å². The zero-order valence-corrected chi connectivity index (χ0v) is 20.3. The first-order chi connectivity index (χ1) is 17.4. The fourth-order valence-corrected chi connectivity index (χ4v) is 6.25. The van der Waals surface area contributed by atoms with Gasteiger partial charge in [-0.15, -0.1) is 21.6 Å². The van der Waals surface area contributed by atoms with Crippen molar-refractivity contribution < 1.29 is 13.0 Å². The fraction of sp³-hybridized carbons (Fsp3) is 0. The minimum absolute atomic E-state index is 0. The number of azo groups is 1. The summed E-state index contributed by atoms with van der Waals surface area (Å²) < 4.78 is 36.0. The fourth-order valence-electron chi connectivity index (χ4n) is 4.31. The number of aromatic nitrogens is 1. The Kier molecular flexibility index (Phi) is 6.84. The number of nitrogens with two attached hydrogens (primary N) is 1. The molecule has 6 rings (SSSR count). The summed E-state index contributed by atoms with van der Waals surface area (Å²) in [6.07, 6.45) is 1.60. The van der Waals surface area contributed by atoms with Gasteiger partial charge in [0.1, 0.15) is 16.3 Å². The number of benzene rings is 4. The van der Waals surface area contributed by atoms with E-state index in [9.17, 15) is 13.0 Å². The first kappa shape index (κ1) is 25.5. The molecule has 3 N–H and O–H groups in total. The molecule has 2 aromatic heterocycles. The van der Waals surface area contributed by atoms with Crippen molar-refractivity contribution in [3.05, 3.63) is 91.1 Å². The second-order valence-electron chi connectivity index (χ2n) is 8.21. The predicted octanol–water partition coefficient (Wildman–Crippen LogP) is 6.87. The molecule has 10 heteroatoms. The molecule has 0 amide bonds. The van der Waals surface area contributed by atoms with Gasteiger partial charge in [0.2, 0.25) is 0 Å². The third kappa shape index (κ3) is 4.66. The zero-order valence-electron chi connectivity index (χ0n) is 18.7. The number of thiophene rings is 1. The molecule has 0 atom stereocenters. The average Bonchev–Trinajstić information content (AvgIpc) is 3.27. The molecule has 0 spiro atoms. The first-order valence-corrected chi connectivity index (χ1v) is 13.2. The molecule has 0 bridgehead atoms. The Labute approximate surface area is 238 Å². The summed E-state index contributed by atoms with van der Waals surface area (Å²) in [6, 6.07) is 26.1. The van der Waals surface area contributed by atoms with Gasteiger partial charge in [0.25, 0.3) is 10.1 Å². The Balaban J connectivity index is 0.00000280. The summed E-state index contributed by atoms with van der Waals surface area (Å²) in [5, 5.41) is 11.6. The summed E-state index contributed by atoms with van der Waals surface area (Å²) in [6.45, 7) is 0. The molecular weight excluding hydrogens is 515 g/mol. The van der Waals surface area contributed by atoms with E-state index in [0.717, 1.165) is 11.3 Å². The van der Waals surface area contributed by atoms with E-state index in [0.29, 0.717) is 16.5 Å². The van der Waals surface area contributed by atoms with E-state index < -0.39 is 10.1 Å². The maximum absolute atomic E-state index is 11.9. The van der Waals surface area contributed by atoms with Crippen LogP contribution in [0.25, 0.3) is 42.2 Å². The van der Waals surface area contributed by atoms with Crippen LogP contribution in [0.4, 0.5) is 17.1 Å². The van der Waals surface area contributed by atoms with Crippen LogP contribution in [0.2, 0.25) is 0 Å². The van der Waals surface area contributed by atoms with Crippen molar-refractivity contribution in [2.75, 3.05) is 5.73 Å². The molecular formula is C27H19N4NaO3S2. The monoisotopic (exact) mass is 534 g/mol. The normalized spacial score (nSPS) is 11.9. The Morgan fingerprint density at radius 2 is 1.51 bits per heavy atom. The number of nitrogen functional groups attached to an aromatic ring is 1. The van der Waals surface area contributed by atoms with Crippen molar-refractivity contribution in [1.82, 2.24) is 4.98 Å². The maximum atomic E-state index is 11.9. The minimum atomic E-state index is -4.48. The van der Waals surface area contributed by atoms with E-state index >= 15 is 0 Å². The number of rotatable bonds is 4. The molecule has 0 unspecified atom stereocenters. The van der Waals surface area contributed by atoms with Gasteiger partial charge in [0, 0.05) is 36.5 Å². The summed E-state index contributed by atoms with van der Waals surface area (Å²) in [4.78, 5) is 4.32. The van der Waals surface area contributed by atoms with Crippen molar-refractivity contribution in [2.24, 2.45) is 10.2 Å². The number of fused-ring (bicyclic) bond motifs is 4. The Morgan fingerprint density at radius 3 is 2.24 bits per heavy atom. The van der Waals surface area contributed by atoms with Crippen LogP contribution in [0.3, 0.4) is 0 Å². The summed E-state index contributed by atoms with van der Waals surface area (Å²) in [5.74, 6) is 0. The summed E-state index contributed by atoms with van der Waals surface area (Å²) in [7, 11) is -4.48. The van der Waals surface area contributed by atoms with Crippen LogP contribution in [0.15, 0.2) is 106 Å². The standard InChI is InChI=1S/C27H18N4O3S2.Na.H/c28-26-19-8-2-1-7-18(19)25(36(32,33)34)14-23(26)31-30-16-12-13-22(29-15-16)21-10-5-9-20-17-6-3-4-11-24(17)35-27(20)21;;/h1-15H,28H2,(H,32,33,34);;. The quantitative estimate of drug-likeness (QED) is 0.111. The van der Waals surface area contributed by atoms with E-state index in [-0.39, 0.29) is 45.8 Å². The second-order valence-corrected chi connectivity index (χ2v) is 10.7. The molecule has 0 saturated heterocycles. The molecule has 6 aromatic rings. The van der Waals surface area contributed by atoms with Gasteiger partial charge in [-0.05, 0) is 24.3 Å². The molecule has 2 heterocycles. The van der Waals surface area contributed by atoms with Gasteiger partial charge in [-0.3, -0.25) is 9.54 Å².